The molecule has 4 heteroatoms. The van der Waals surface area contributed by atoms with Crippen LogP contribution in [0.5, 0.6) is 0 Å². The molecule has 0 aliphatic rings. The quantitative estimate of drug-likeness (QED) is 0.800. The van der Waals surface area contributed by atoms with Crippen LogP contribution in [0.4, 0.5) is 0 Å². The van der Waals surface area contributed by atoms with Gasteiger partial charge in [0.2, 0.25) is 0 Å². The molecule has 0 aliphatic heterocycles. The maximum absolute atomic E-state index is 11.4. The highest BCUT2D eigenvalue weighted by molar-refractivity contribution is 5.11. The minimum atomic E-state index is -0.754. The topological polar surface area (TPSA) is 70.7 Å². The largest absolute Gasteiger partial charge is 0.466 e. The molecule has 1 aromatic heterocycles. The Kier molecular flexibility index (Phi) is 4.71. The molecule has 1 rings (SSSR count). The molecule has 1 heterocycles. The average Bonchev–Trinajstić information content (AvgIpc) is 2.28. The molecule has 0 saturated heterocycles. The van der Waals surface area contributed by atoms with Gasteiger partial charge < -0.3 is 14.6 Å². The van der Waals surface area contributed by atoms with Gasteiger partial charge in [0, 0.05) is 6.07 Å². The van der Waals surface area contributed by atoms with Gasteiger partial charge in [-0.1, -0.05) is 20.3 Å². The third-order valence-electron chi connectivity index (χ3n) is 2.75. The summed E-state index contributed by atoms with van der Waals surface area (Å²) in [5.41, 5.74) is -0.0913. The van der Waals surface area contributed by atoms with E-state index in [0.29, 0.717) is 12.3 Å². The van der Waals surface area contributed by atoms with Crippen molar-refractivity contribution >= 4 is 0 Å². The summed E-state index contributed by atoms with van der Waals surface area (Å²) in [6.07, 6.45) is 1.99. The van der Waals surface area contributed by atoms with E-state index in [0.717, 1.165) is 6.42 Å². The highest BCUT2D eigenvalue weighted by Gasteiger charge is 2.15. The number of aliphatic hydroxyl groups is 2. The zero-order chi connectivity index (χ0) is 12.1. The zero-order valence-electron chi connectivity index (χ0n) is 9.64. The summed E-state index contributed by atoms with van der Waals surface area (Å²) in [6, 6.07) is 1.25. The van der Waals surface area contributed by atoms with Crippen LogP contribution in [-0.2, 0) is 6.61 Å². The molecule has 0 aliphatic carbocycles. The second kappa shape index (κ2) is 5.82. The Labute approximate surface area is 94.5 Å². The fourth-order valence-corrected chi connectivity index (χ4v) is 1.41. The van der Waals surface area contributed by atoms with Crippen molar-refractivity contribution in [3.8, 4) is 0 Å². The van der Waals surface area contributed by atoms with Crippen molar-refractivity contribution in [1.29, 1.82) is 0 Å². The van der Waals surface area contributed by atoms with Gasteiger partial charge in [0.15, 0.2) is 5.43 Å². The van der Waals surface area contributed by atoms with E-state index in [2.05, 4.69) is 0 Å². The Morgan fingerprint density at radius 2 is 2.19 bits per heavy atom. The summed E-state index contributed by atoms with van der Waals surface area (Å²) in [5.74, 6) is 0.639. The van der Waals surface area contributed by atoms with Crippen LogP contribution >= 0.6 is 0 Å². The maximum atomic E-state index is 11.4. The highest BCUT2D eigenvalue weighted by Crippen LogP contribution is 2.21. The van der Waals surface area contributed by atoms with Crippen LogP contribution in [0.2, 0.25) is 0 Å². The van der Waals surface area contributed by atoms with E-state index in [1.807, 2.05) is 13.8 Å². The predicted octanol–water partition coefficient (Wildman–Crippen LogP) is 1.60. The third-order valence-corrected chi connectivity index (χ3v) is 2.75. The molecule has 0 spiro atoms. The van der Waals surface area contributed by atoms with Crippen LogP contribution in [0.15, 0.2) is 21.5 Å². The van der Waals surface area contributed by atoms with Crippen molar-refractivity contribution in [2.45, 2.75) is 39.4 Å². The van der Waals surface area contributed by atoms with Crippen LogP contribution in [0.1, 0.15) is 44.1 Å². The maximum Gasteiger partial charge on any atom is 0.190 e. The van der Waals surface area contributed by atoms with Crippen molar-refractivity contribution in [3.63, 3.8) is 0 Å². The second-order valence-electron chi connectivity index (χ2n) is 4.09. The molecular formula is C12H18O4. The van der Waals surface area contributed by atoms with E-state index < -0.39 is 6.10 Å². The van der Waals surface area contributed by atoms with E-state index >= 15 is 0 Å². The summed E-state index contributed by atoms with van der Waals surface area (Å²) in [4.78, 5) is 11.4. The standard InChI is InChI=1S/C12H18O4/c1-3-8(2)4-11(15)12-5-10(14)9(6-13)7-16-12/h5,7-8,11,13,15H,3-4,6H2,1-2H3/t8-,11+/m1/s1. The van der Waals surface area contributed by atoms with E-state index in [-0.39, 0.29) is 23.4 Å². The fourth-order valence-electron chi connectivity index (χ4n) is 1.41. The Bertz CT molecular complexity index is 383. The van der Waals surface area contributed by atoms with E-state index in [1.165, 1.54) is 12.3 Å². The van der Waals surface area contributed by atoms with Crippen LogP contribution in [0.3, 0.4) is 0 Å². The van der Waals surface area contributed by atoms with Crippen molar-refractivity contribution < 1.29 is 14.6 Å². The third kappa shape index (κ3) is 3.18. The van der Waals surface area contributed by atoms with Crippen LogP contribution in [0.25, 0.3) is 0 Å². The molecule has 0 amide bonds. The van der Waals surface area contributed by atoms with Crippen molar-refractivity contribution in [1.82, 2.24) is 0 Å². The van der Waals surface area contributed by atoms with Gasteiger partial charge in [0.25, 0.3) is 0 Å². The lowest BCUT2D eigenvalue weighted by atomic mass is 9.99. The Balaban J connectivity index is 2.80. The molecule has 1 aromatic rings. The lowest BCUT2D eigenvalue weighted by molar-refractivity contribution is 0.119. The van der Waals surface area contributed by atoms with Crippen molar-refractivity contribution in [3.05, 3.63) is 33.9 Å². The van der Waals surface area contributed by atoms with Gasteiger partial charge >= 0.3 is 0 Å². The van der Waals surface area contributed by atoms with Crippen molar-refractivity contribution in [2.75, 3.05) is 0 Å². The number of rotatable bonds is 5. The molecule has 16 heavy (non-hydrogen) atoms. The number of aliphatic hydroxyl groups excluding tert-OH is 2. The molecule has 0 fully saturated rings. The Morgan fingerprint density at radius 3 is 2.69 bits per heavy atom. The summed E-state index contributed by atoms with van der Waals surface area (Å²) < 4.78 is 5.13. The Hall–Kier alpha value is -1.13. The van der Waals surface area contributed by atoms with Gasteiger partial charge in [0.1, 0.15) is 18.1 Å². The molecule has 4 nitrogen and oxygen atoms in total. The minimum absolute atomic E-state index is 0.208. The predicted molar refractivity (Wildman–Crippen MR) is 59.9 cm³/mol. The van der Waals surface area contributed by atoms with Gasteiger partial charge in [-0.25, -0.2) is 0 Å². The summed E-state index contributed by atoms with van der Waals surface area (Å²) >= 11 is 0. The molecule has 2 atom stereocenters. The Morgan fingerprint density at radius 1 is 1.50 bits per heavy atom. The summed E-state index contributed by atoms with van der Waals surface area (Å²) in [7, 11) is 0. The first-order valence-corrected chi connectivity index (χ1v) is 5.49. The molecule has 0 radical (unpaired) electrons. The van der Waals surface area contributed by atoms with Gasteiger partial charge in [-0.15, -0.1) is 0 Å². The molecule has 0 aromatic carbocycles. The highest BCUT2D eigenvalue weighted by atomic mass is 16.4. The average molecular weight is 226 g/mol. The van der Waals surface area contributed by atoms with E-state index in [4.69, 9.17) is 9.52 Å². The molecule has 90 valence electrons. The van der Waals surface area contributed by atoms with Crippen LogP contribution < -0.4 is 5.43 Å². The van der Waals surface area contributed by atoms with Crippen LogP contribution in [0, 0.1) is 5.92 Å². The summed E-state index contributed by atoms with van der Waals surface area (Å²) in [5, 5.41) is 18.6. The molecule has 0 saturated carbocycles. The first-order valence-electron chi connectivity index (χ1n) is 5.49. The van der Waals surface area contributed by atoms with Gasteiger partial charge in [-0.2, -0.15) is 0 Å². The lowest BCUT2D eigenvalue weighted by Gasteiger charge is -2.13. The molecule has 0 bridgehead atoms. The number of hydrogen-bond donors (Lipinski definition) is 2. The van der Waals surface area contributed by atoms with Gasteiger partial charge in [0.05, 0.1) is 12.2 Å². The normalized spacial score (nSPS) is 14.8. The zero-order valence-corrected chi connectivity index (χ0v) is 9.64. The first kappa shape index (κ1) is 12.9. The van der Waals surface area contributed by atoms with E-state index in [9.17, 15) is 9.90 Å². The van der Waals surface area contributed by atoms with Gasteiger partial charge in [-0.05, 0) is 12.3 Å². The minimum Gasteiger partial charge on any atom is -0.466 e. The monoisotopic (exact) mass is 226 g/mol. The second-order valence-corrected chi connectivity index (χ2v) is 4.09. The molecule has 0 unspecified atom stereocenters. The lowest BCUT2D eigenvalue weighted by Crippen LogP contribution is -2.11. The number of hydrogen-bond acceptors (Lipinski definition) is 4. The molecule has 2 N–H and O–H groups in total. The molecular weight excluding hydrogens is 208 g/mol. The SMILES string of the molecule is CC[C@@H](C)C[C@H](O)c1cc(=O)c(CO)co1. The van der Waals surface area contributed by atoms with Gasteiger partial charge in [-0.3, -0.25) is 4.79 Å². The fraction of sp³-hybridized carbons (Fsp3) is 0.583. The van der Waals surface area contributed by atoms with E-state index in [1.54, 1.807) is 0 Å². The summed E-state index contributed by atoms with van der Waals surface area (Å²) in [6.45, 7) is 3.73. The first-order chi connectivity index (χ1) is 7.58. The van der Waals surface area contributed by atoms with Crippen molar-refractivity contribution in [2.24, 2.45) is 5.92 Å². The van der Waals surface area contributed by atoms with Crippen LogP contribution in [-0.4, -0.2) is 10.2 Å². The smallest absolute Gasteiger partial charge is 0.190 e.